The molecule has 2 atom stereocenters. The molecule has 28 heavy (non-hydrogen) atoms. The number of benzene rings is 2. The number of methoxy groups -OCH3 is 1. The fourth-order valence-corrected chi connectivity index (χ4v) is 7.30. The monoisotopic (exact) mass is 397 g/mol. The van der Waals surface area contributed by atoms with Gasteiger partial charge in [0.2, 0.25) is 0 Å². The van der Waals surface area contributed by atoms with Crippen LogP contribution in [0, 0.1) is 0 Å². The van der Waals surface area contributed by atoms with Gasteiger partial charge in [-0.25, -0.2) is 9.59 Å². The Kier molecular flexibility index (Phi) is 6.19. The fraction of sp³-hybridized carbons (Fsp3) is 0.364. The molecular formula is C22H27NO4Si. The highest BCUT2D eigenvalue weighted by molar-refractivity contribution is 6.91. The maximum Gasteiger partial charge on any atom is 0.410 e. The molecule has 1 fully saturated rings. The Bertz CT molecular complexity index is 810. The van der Waals surface area contributed by atoms with Crippen molar-refractivity contribution in [1.82, 2.24) is 4.90 Å². The predicted octanol–water partition coefficient (Wildman–Crippen LogP) is 3.48. The number of hydrogen-bond acceptors (Lipinski definition) is 4. The summed E-state index contributed by atoms with van der Waals surface area (Å²) in [5.74, 6) is -0.378. The minimum Gasteiger partial charge on any atom is -0.467 e. The lowest BCUT2D eigenvalue weighted by Gasteiger charge is -2.37. The van der Waals surface area contributed by atoms with Crippen LogP contribution in [0.2, 0.25) is 13.1 Å². The van der Waals surface area contributed by atoms with E-state index in [9.17, 15) is 9.59 Å². The van der Waals surface area contributed by atoms with Crippen molar-refractivity contribution < 1.29 is 19.1 Å². The van der Waals surface area contributed by atoms with E-state index in [1.54, 1.807) is 4.90 Å². The van der Waals surface area contributed by atoms with Gasteiger partial charge < -0.3 is 9.47 Å². The van der Waals surface area contributed by atoms with Gasteiger partial charge in [-0.1, -0.05) is 78.9 Å². The maximum absolute atomic E-state index is 13.1. The van der Waals surface area contributed by atoms with Crippen molar-refractivity contribution in [1.29, 1.82) is 0 Å². The van der Waals surface area contributed by atoms with E-state index in [-0.39, 0.29) is 18.2 Å². The third kappa shape index (κ3) is 4.12. The van der Waals surface area contributed by atoms with Crippen LogP contribution in [0.4, 0.5) is 4.79 Å². The molecule has 1 heterocycles. The lowest BCUT2D eigenvalue weighted by atomic mass is 10.2. The van der Waals surface area contributed by atoms with Crippen molar-refractivity contribution in [3.05, 3.63) is 66.2 Å². The Labute approximate surface area is 167 Å². The zero-order valence-corrected chi connectivity index (χ0v) is 17.6. The molecule has 6 heteroatoms. The zero-order valence-electron chi connectivity index (χ0n) is 16.6. The molecule has 1 saturated heterocycles. The Hall–Kier alpha value is -2.60. The van der Waals surface area contributed by atoms with Crippen LogP contribution >= 0.6 is 0 Å². The van der Waals surface area contributed by atoms with Crippen LogP contribution in [0.3, 0.4) is 0 Å². The van der Waals surface area contributed by atoms with Gasteiger partial charge >= 0.3 is 12.1 Å². The van der Waals surface area contributed by atoms with Crippen LogP contribution in [0.5, 0.6) is 0 Å². The zero-order chi connectivity index (χ0) is 20.1. The molecular weight excluding hydrogens is 370 g/mol. The van der Waals surface area contributed by atoms with E-state index >= 15 is 0 Å². The van der Waals surface area contributed by atoms with Gasteiger partial charge in [-0.05, 0) is 18.4 Å². The molecule has 0 bridgehead atoms. The van der Waals surface area contributed by atoms with Crippen LogP contribution in [-0.4, -0.2) is 43.9 Å². The summed E-state index contributed by atoms with van der Waals surface area (Å²) in [5, 5.41) is 1.26. The number of ether oxygens (including phenoxy) is 2. The van der Waals surface area contributed by atoms with Crippen molar-refractivity contribution in [3.63, 3.8) is 0 Å². The molecule has 0 N–H and O–H groups in total. The molecule has 0 aromatic heterocycles. The molecule has 0 aliphatic carbocycles. The molecule has 3 rings (SSSR count). The van der Waals surface area contributed by atoms with E-state index in [1.165, 1.54) is 12.3 Å². The summed E-state index contributed by atoms with van der Waals surface area (Å²) in [5.41, 5.74) is 0.892. The van der Waals surface area contributed by atoms with Crippen LogP contribution in [0.1, 0.15) is 18.4 Å². The van der Waals surface area contributed by atoms with Gasteiger partial charge in [0.25, 0.3) is 0 Å². The van der Waals surface area contributed by atoms with Crippen LogP contribution in [0.15, 0.2) is 60.7 Å². The molecule has 2 aromatic carbocycles. The summed E-state index contributed by atoms with van der Waals surface area (Å²) in [6.07, 6.45) is 0.924. The first-order chi connectivity index (χ1) is 13.4. The number of carbonyl (C=O) groups is 2. The number of carbonyl (C=O) groups excluding carboxylic acids is 2. The van der Waals surface area contributed by atoms with E-state index in [1.807, 2.05) is 48.5 Å². The van der Waals surface area contributed by atoms with Gasteiger partial charge in [0.15, 0.2) is 0 Å². The first kappa shape index (κ1) is 20.1. The molecule has 1 aliphatic rings. The summed E-state index contributed by atoms with van der Waals surface area (Å²) >= 11 is 0. The lowest BCUT2D eigenvalue weighted by Crippen LogP contribution is -2.61. The minimum atomic E-state index is -2.06. The van der Waals surface area contributed by atoms with Crippen molar-refractivity contribution in [2.75, 3.05) is 7.11 Å². The van der Waals surface area contributed by atoms with E-state index in [0.29, 0.717) is 6.42 Å². The van der Waals surface area contributed by atoms with Gasteiger partial charge in [-0.15, -0.1) is 0 Å². The number of rotatable bonds is 5. The third-order valence-corrected chi connectivity index (χ3v) is 9.68. The Balaban J connectivity index is 1.84. The third-order valence-electron chi connectivity index (χ3n) is 5.63. The Morgan fingerprint density at radius 3 is 2.21 bits per heavy atom. The van der Waals surface area contributed by atoms with Gasteiger partial charge in [0.05, 0.1) is 7.11 Å². The number of esters is 1. The maximum atomic E-state index is 13.1. The second-order valence-corrected chi connectivity index (χ2v) is 12.4. The first-order valence-corrected chi connectivity index (χ1v) is 12.6. The van der Waals surface area contributed by atoms with Gasteiger partial charge in [0, 0.05) is 5.67 Å². The summed E-state index contributed by atoms with van der Waals surface area (Å²) in [6.45, 7) is 4.67. The number of nitrogens with zero attached hydrogens (tertiary/aromatic N) is 1. The van der Waals surface area contributed by atoms with E-state index in [0.717, 1.165) is 12.0 Å². The largest absolute Gasteiger partial charge is 0.467 e. The first-order valence-electron chi connectivity index (χ1n) is 9.57. The van der Waals surface area contributed by atoms with Crippen molar-refractivity contribution in [2.24, 2.45) is 0 Å². The average molecular weight is 398 g/mol. The minimum absolute atomic E-state index is 0.0257. The van der Waals surface area contributed by atoms with Crippen molar-refractivity contribution in [2.45, 2.75) is 44.2 Å². The summed E-state index contributed by atoms with van der Waals surface area (Å²) in [7, 11) is -0.700. The number of likely N-dealkylation sites (tertiary alicyclic amines) is 1. The second-order valence-electron chi connectivity index (χ2n) is 7.67. The summed E-state index contributed by atoms with van der Waals surface area (Å²) in [6, 6.07) is 19.2. The number of hydrogen-bond donors (Lipinski definition) is 0. The van der Waals surface area contributed by atoms with E-state index in [4.69, 9.17) is 9.47 Å². The lowest BCUT2D eigenvalue weighted by molar-refractivity contribution is -0.145. The summed E-state index contributed by atoms with van der Waals surface area (Å²) < 4.78 is 10.6. The van der Waals surface area contributed by atoms with Crippen molar-refractivity contribution in [3.8, 4) is 0 Å². The molecule has 0 unspecified atom stereocenters. The Morgan fingerprint density at radius 2 is 1.61 bits per heavy atom. The van der Waals surface area contributed by atoms with Crippen molar-refractivity contribution >= 4 is 25.3 Å². The molecule has 0 spiro atoms. The SMILES string of the molecule is COC(=O)[C@@H]1CC[C@@H]([Si](C)(C)c2ccccc2)N1C(=O)OCc1ccccc1. The molecule has 0 radical (unpaired) electrons. The van der Waals surface area contributed by atoms with E-state index < -0.39 is 20.2 Å². The van der Waals surface area contributed by atoms with Gasteiger partial charge in [-0.3, -0.25) is 4.90 Å². The second kappa shape index (κ2) is 8.60. The molecule has 148 valence electrons. The highest BCUT2D eigenvalue weighted by Crippen LogP contribution is 2.32. The highest BCUT2D eigenvalue weighted by atomic mass is 28.3. The molecule has 1 aliphatic heterocycles. The molecule has 0 saturated carbocycles. The highest BCUT2D eigenvalue weighted by Gasteiger charge is 2.50. The van der Waals surface area contributed by atoms with Crippen LogP contribution in [0.25, 0.3) is 0 Å². The van der Waals surface area contributed by atoms with Gasteiger partial charge in [-0.2, -0.15) is 0 Å². The summed E-state index contributed by atoms with van der Waals surface area (Å²) in [4.78, 5) is 27.1. The quantitative estimate of drug-likeness (QED) is 0.573. The number of amides is 1. The molecule has 2 aromatic rings. The average Bonchev–Trinajstić information content (AvgIpc) is 3.19. The predicted molar refractivity (Wildman–Crippen MR) is 111 cm³/mol. The topological polar surface area (TPSA) is 55.8 Å². The smallest absolute Gasteiger partial charge is 0.410 e. The molecule has 1 amide bonds. The normalized spacial score (nSPS) is 19.3. The van der Waals surface area contributed by atoms with Crippen LogP contribution < -0.4 is 5.19 Å². The van der Waals surface area contributed by atoms with E-state index in [2.05, 4.69) is 25.2 Å². The fourth-order valence-electron chi connectivity index (χ4n) is 4.00. The standard InChI is InChI=1S/C22H27NO4Si/c1-26-21(24)19-14-15-20(28(2,3)18-12-8-5-9-13-18)23(19)22(25)27-16-17-10-6-4-7-11-17/h4-13,19-20H,14-16H2,1-3H3/t19-,20+/m0/s1. The van der Waals surface area contributed by atoms with Crippen LogP contribution in [-0.2, 0) is 20.9 Å². The Morgan fingerprint density at radius 1 is 1.00 bits per heavy atom. The van der Waals surface area contributed by atoms with Gasteiger partial charge in [0.1, 0.15) is 20.7 Å². The molecule has 5 nitrogen and oxygen atoms in total.